The molecule has 3 heterocycles. The number of aliphatic carboxylic acids is 1. The fourth-order valence-electron chi connectivity index (χ4n) is 3.49. The molecule has 2 aliphatic rings. The van der Waals surface area contributed by atoms with E-state index in [-0.39, 0.29) is 11.4 Å². The summed E-state index contributed by atoms with van der Waals surface area (Å²) in [4.78, 5) is 17.2. The Bertz CT molecular complexity index is 961. The summed E-state index contributed by atoms with van der Waals surface area (Å²) < 4.78 is 32.7. The van der Waals surface area contributed by atoms with Crippen molar-refractivity contribution in [2.75, 3.05) is 13.1 Å². The highest BCUT2D eigenvalue weighted by Crippen LogP contribution is 2.38. The molecule has 0 spiro atoms. The van der Waals surface area contributed by atoms with Crippen LogP contribution in [0.4, 0.5) is 0 Å². The summed E-state index contributed by atoms with van der Waals surface area (Å²) in [5, 5.41) is 13.2. The van der Waals surface area contributed by atoms with Crippen molar-refractivity contribution in [1.82, 2.24) is 14.4 Å². The number of nitrogens with zero attached hydrogens (tertiary/aromatic N) is 3. The van der Waals surface area contributed by atoms with E-state index in [1.807, 2.05) is 0 Å². The third-order valence-electron chi connectivity index (χ3n) is 5.34. The zero-order valence-electron chi connectivity index (χ0n) is 14.9. The summed E-state index contributed by atoms with van der Waals surface area (Å²) in [6, 6.07) is 1.58. The van der Waals surface area contributed by atoms with Crippen molar-refractivity contribution in [3.05, 3.63) is 16.8 Å². The number of carbonyl (C=O) groups is 1. The fourth-order valence-corrected chi connectivity index (χ4v) is 6.50. The first-order valence-corrected chi connectivity index (χ1v) is 11.3. The van der Waals surface area contributed by atoms with Gasteiger partial charge in [0.15, 0.2) is 0 Å². The number of rotatable bonds is 5. The third kappa shape index (κ3) is 3.41. The molecular weight excluding hydrogens is 390 g/mol. The number of thiophene rings is 1. The number of hydrogen-bond acceptors (Lipinski definition) is 7. The van der Waals surface area contributed by atoms with Gasteiger partial charge in [0, 0.05) is 23.9 Å². The van der Waals surface area contributed by atoms with Crippen molar-refractivity contribution < 1.29 is 22.8 Å². The van der Waals surface area contributed by atoms with Gasteiger partial charge in [-0.2, -0.15) is 9.29 Å². The van der Waals surface area contributed by atoms with Crippen molar-refractivity contribution in [2.24, 2.45) is 5.92 Å². The molecule has 27 heavy (non-hydrogen) atoms. The molecule has 1 aliphatic heterocycles. The normalized spacial score (nSPS) is 21.9. The molecule has 1 atom stereocenters. The van der Waals surface area contributed by atoms with Crippen molar-refractivity contribution >= 4 is 27.3 Å². The van der Waals surface area contributed by atoms with Crippen LogP contribution in [0.5, 0.6) is 0 Å². The maximum atomic E-state index is 13.1. The Hall–Kier alpha value is -1.78. The van der Waals surface area contributed by atoms with Crippen molar-refractivity contribution in [3.8, 4) is 10.7 Å². The molecule has 0 amide bonds. The smallest absolute Gasteiger partial charge is 0.307 e. The molecule has 10 heteroatoms. The van der Waals surface area contributed by atoms with E-state index < -0.39 is 21.9 Å². The number of carboxylic acid groups (broad SMARTS) is 1. The van der Waals surface area contributed by atoms with Gasteiger partial charge < -0.3 is 9.63 Å². The molecule has 1 saturated carbocycles. The van der Waals surface area contributed by atoms with Crippen LogP contribution in [0.3, 0.4) is 0 Å². The summed E-state index contributed by atoms with van der Waals surface area (Å²) in [5.74, 6) is -0.264. The van der Waals surface area contributed by atoms with Crippen LogP contribution in [-0.2, 0) is 14.8 Å². The van der Waals surface area contributed by atoms with Gasteiger partial charge >= 0.3 is 5.97 Å². The molecule has 4 rings (SSSR count). The monoisotopic (exact) mass is 411 g/mol. The van der Waals surface area contributed by atoms with E-state index >= 15 is 0 Å². The first-order chi connectivity index (χ1) is 12.9. The molecular formula is C17H21N3O5S2. The van der Waals surface area contributed by atoms with Gasteiger partial charge in [0.05, 0.1) is 15.7 Å². The third-order valence-corrected chi connectivity index (χ3v) is 8.51. The Morgan fingerprint density at radius 1 is 1.33 bits per heavy atom. The van der Waals surface area contributed by atoms with Crippen LogP contribution in [0, 0.1) is 12.8 Å². The fraction of sp³-hybridized carbons (Fsp3) is 0.588. The molecule has 1 unspecified atom stereocenters. The molecule has 1 aliphatic carbocycles. The zero-order valence-corrected chi connectivity index (χ0v) is 16.6. The van der Waals surface area contributed by atoms with Crippen molar-refractivity contribution in [1.29, 1.82) is 0 Å². The molecule has 1 N–H and O–H groups in total. The number of aryl methyl sites for hydroxylation is 1. The molecule has 146 valence electrons. The van der Waals surface area contributed by atoms with Crippen LogP contribution >= 0.6 is 11.3 Å². The van der Waals surface area contributed by atoms with Crippen LogP contribution in [0.25, 0.3) is 10.7 Å². The maximum absolute atomic E-state index is 13.1. The predicted molar refractivity (Wildman–Crippen MR) is 98.1 cm³/mol. The molecule has 0 radical (unpaired) electrons. The van der Waals surface area contributed by atoms with E-state index in [2.05, 4.69) is 10.1 Å². The van der Waals surface area contributed by atoms with Crippen LogP contribution in [0.1, 0.15) is 48.8 Å². The summed E-state index contributed by atoms with van der Waals surface area (Å²) >= 11 is 1.31. The van der Waals surface area contributed by atoms with Crippen LogP contribution in [0.15, 0.2) is 15.5 Å². The summed E-state index contributed by atoms with van der Waals surface area (Å²) in [5.41, 5.74) is 0. The summed E-state index contributed by atoms with van der Waals surface area (Å²) in [6.07, 6.45) is 4.30. The van der Waals surface area contributed by atoms with E-state index in [1.54, 1.807) is 13.0 Å². The van der Waals surface area contributed by atoms with Gasteiger partial charge in [-0.15, -0.1) is 11.3 Å². The van der Waals surface area contributed by atoms with E-state index in [4.69, 9.17) is 4.52 Å². The Morgan fingerprint density at radius 2 is 2.11 bits per heavy atom. The van der Waals surface area contributed by atoms with Gasteiger partial charge in [0.1, 0.15) is 0 Å². The first kappa shape index (κ1) is 18.6. The lowest BCUT2D eigenvalue weighted by Gasteiger charge is -2.29. The standard InChI is InChI=1S/C17H21N3O5S2/c1-10-14(27(23,24)20-7-3-6-12(9-20)17(21)22)8-13(26-10)15-18-16(25-19-15)11-4-2-5-11/h8,11-12H,2-7,9H2,1H3,(H,21,22). The average Bonchev–Trinajstić information content (AvgIpc) is 3.20. The highest BCUT2D eigenvalue weighted by Gasteiger charge is 2.35. The predicted octanol–water partition coefficient (Wildman–Crippen LogP) is 2.86. The lowest BCUT2D eigenvalue weighted by Crippen LogP contribution is -2.42. The minimum absolute atomic E-state index is 0.0102. The van der Waals surface area contributed by atoms with Gasteiger partial charge in [0.25, 0.3) is 0 Å². The topological polar surface area (TPSA) is 114 Å². The minimum atomic E-state index is -3.76. The zero-order chi connectivity index (χ0) is 19.2. The number of sulfonamides is 1. The number of aromatic nitrogens is 2. The number of hydrogen-bond donors (Lipinski definition) is 1. The van der Waals surface area contributed by atoms with Crippen molar-refractivity contribution in [3.63, 3.8) is 0 Å². The van der Waals surface area contributed by atoms with Gasteiger partial charge in [-0.25, -0.2) is 8.42 Å². The van der Waals surface area contributed by atoms with Crippen LogP contribution in [0.2, 0.25) is 0 Å². The van der Waals surface area contributed by atoms with E-state index in [1.165, 1.54) is 15.6 Å². The molecule has 2 aromatic heterocycles. The highest BCUT2D eigenvalue weighted by atomic mass is 32.2. The molecule has 2 fully saturated rings. The second-order valence-corrected chi connectivity index (χ2v) is 10.3. The Kier molecular flexibility index (Phi) is 4.81. The lowest BCUT2D eigenvalue weighted by molar-refractivity contribution is -0.142. The Balaban J connectivity index is 1.60. The Labute approximate surface area is 161 Å². The first-order valence-electron chi connectivity index (χ1n) is 9.03. The Morgan fingerprint density at radius 3 is 2.78 bits per heavy atom. The number of piperidine rings is 1. The molecule has 0 bridgehead atoms. The van der Waals surface area contributed by atoms with Crippen LogP contribution < -0.4 is 0 Å². The van der Waals surface area contributed by atoms with Gasteiger partial charge in [-0.1, -0.05) is 11.6 Å². The van der Waals surface area contributed by atoms with Gasteiger partial charge in [-0.3, -0.25) is 4.79 Å². The van der Waals surface area contributed by atoms with E-state index in [9.17, 15) is 18.3 Å². The van der Waals surface area contributed by atoms with E-state index in [0.717, 1.165) is 19.3 Å². The maximum Gasteiger partial charge on any atom is 0.307 e. The molecule has 8 nitrogen and oxygen atoms in total. The van der Waals surface area contributed by atoms with Gasteiger partial charge in [0.2, 0.25) is 21.7 Å². The molecule has 1 saturated heterocycles. The summed E-state index contributed by atoms with van der Waals surface area (Å²) in [7, 11) is -3.76. The van der Waals surface area contributed by atoms with Crippen molar-refractivity contribution in [2.45, 2.75) is 49.8 Å². The number of carboxylic acids is 1. The van der Waals surface area contributed by atoms with Gasteiger partial charge in [-0.05, 0) is 38.7 Å². The largest absolute Gasteiger partial charge is 0.481 e. The van der Waals surface area contributed by atoms with Crippen LogP contribution in [-0.4, -0.2) is 47.0 Å². The summed E-state index contributed by atoms with van der Waals surface area (Å²) in [6.45, 7) is 2.09. The minimum Gasteiger partial charge on any atom is -0.481 e. The molecule has 0 aromatic carbocycles. The SMILES string of the molecule is Cc1sc(-c2noc(C3CCC3)n2)cc1S(=O)(=O)N1CCCC(C(=O)O)C1. The second kappa shape index (κ2) is 6.99. The lowest BCUT2D eigenvalue weighted by atomic mass is 9.85. The quantitative estimate of drug-likeness (QED) is 0.804. The average molecular weight is 412 g/mol. The second-order valence-electron chi connectivity index (χ2n) is 7.16. The van der Waals surface area contributed by atoms with E-state index in [0.29, 0.717) is 46.8 Å². The molecule has 2 aromatic rings. The highest BCUT2D eigenvalue weighted by molar-refractivity contribution is 7.89.